The van der Waals surface area contributed by atoms with Crippen LogP contribution in [0.15, 0.2) is 30.3 Å². The van der Waals surface area contributed by atoms with E-state index in [-0.39, 0.29) is 5.91 Å². The van der Waals surface area contributed by atoms with E-state index in [1.54, 1.807) is 6.92 Å². The number of nitrogens with one attached hydrogen (secondary N) is 1. The second-order valence-corrected chi connectivity index (χ2v) is 7.87. The third kappa shape index (κ3) is 4.71. The molecule has 0 radical (unpaired) electrons. The van der Waals surface area contributed by atoms with E-state index >= 15 is 0 Å². The normalized spacial score (nSPS) is 20.2. The van der Waals surface area contributed by atoms with Crippen molar-refractivity contribution < 1.29 is 4.79 Å². The van der Waals surface area contributed by atoms with Gasteiger partial charge in [-0.25, -0.2) is 4.68 Å². The van der Waals surface area contributed by atoms with Crippen molar-refractivity contribution in [2.75, 3.05) is 13.1 Å². The third-order valence-electron chi connectivity index (χ3n) is 5.29. The van der Waals surface area contributed by atoms with Gasteiger partial charge in [0.25, 0.3) is 0 Å². The third-order valence-corrected chi connectivity index (χ3v) is 5.29. The van der Waals surface area contributed by atoms with Gasteiger partial charge in [-0.05, 0) is 41.2 Å². The van der Waals surface area contributed by atoms with E-state index in [0.717, 1.165) is 38.2 Å². The maximum absolute atomic E-state index is 12.1. The van der Waals surface area contributed by atoms with E-state index in [1.165, 1.54) is 5.56 Å². The van der Waals surface area contributed by atoms with E-state index in [9.17, 15) is 4.79 Å². The molecule has 1 saturated heterocycles. The molecule has 1 amide bonds. The van der Waals surface area contributed by atoms with Crippen LogP contribution >= 0.6 is 0 Å². The van der Waals surface area contributed by atoms with Crippen LogP contribution in [0.2, 0.25) is 0 Å². The zero-order valence-corrected chi connectivity index (χ0v) is 16.6. The molecule has 0 saturated carbocycles. The van der Waals surface area contributed by atoms with Gasteiger partial charge in [-0.1, -0.05) is 44.2 Å². The van der Waals surface area contributed by atoms with Gasteiger partial charge in [0, 0.05) is 33.1 Å². The lowest BCUT2D eigenvalue weighted by Crippen LogP contribution is -2.56. The van der Waals surface area contributed by atoms with Gasteiger partial charge in [0.2, 0.25) is 5.91 Å². The molecular formula is C20H30N6O. The quantitative estimate of drug-likeness (QED) is 0.810. The van der Waals surface area contributed by atoms with Gasteiger partial charge in [-0.15, -0.1) is 5.10 Å². The fourth-order valence-corrected chi connectivity index (χ4v) is 3.68. The van der Waals surface area contributed by atoms with Crippen LogP contribution in [0.5, 0.6) is 0 Å². The Labute approximate surface area is 161 Å². The van der Waals surface area contributed by atoms with Gasteiger partial charge < -0.3 is 4.90 Å². The van der Waals surface area contributed by atoms with Crippen LogP contribution < -0.4 is 5.32 Å². The van der Waals surface area contributed by atoms with Crippen LogP contribution in [-0.2, 0) is 23.4 Å². The van der Waals surface area contributed by atoms with Gasteiger partial charge in [-0.2, -0.15) is 0 Å². The summed E-state index contributed by atoms with van der Waals surface area (Å²) in [4.78, 5) is 14.0. The summed E-state index contributed by atoms with van der Waals surface area (Å²) in [5.74, 6) is 1.52. The highest BCUT2D eigenvalue weighted by atomic mass is 16.2. The number of benzene rings is 1. The van der Waals surface area contributed by atoms with E-state index < -0.39 is 5.54 Å². The maximum atomic E-state index is 12.1. The monoisotopic (exact) mass is 370 g/mol. The zero-order chi connectivity index (χ0) is 19.3. The summed E-state index contributed by atoms with van der Waals surface area (Å²) in [6.45, 7) is 8.92. The van der Waals surface area contributed by atoms with Gasteiger partial charge in [-0.3, -0.25) is 10.1 Å². The molecule has 0 aliphatic carbocycles. The molecule has 1 atom stereocenters. The molecule has 0 spiro atoms. The van der Waals surface area contributed by atoms with Gasteiger partial charge in [0.15, 0.2) is 5.82 Å². The van der Waals surface area contributed by atoms with Crippen molar-refractivity contribution in [3.05, 3.63) is 41.7 Å². The fraction of sp³-hybridized carbons (Fsp3) is 0.600. The largest absolute Gasteiger partial charge is 0.341 e. The fourth-order valence-electron chi connectivity index (χ4n) is 3.68. The van der Waals surface area contributed by atoms with Crippen molar-refractivity contribution in [1.82, 2.24) is 30.4 Å². The Morgan fingerprint density at radius 1 is 1.30 bits per heavy atom. The van der Waals surface area contributed by atoms with Crippen LogP contribution in [0.25, 0.3) is 0 Å². The van der Waals surface area contributed by atoms with Crippen molar-refractivity contribution in [3.8, 4) is 0 Å². The molecule has 3 rings (SSSR count). The lowest BCUT2D eigenvalue weighted by atomic mass is 9.87. The summed E-state index contributed by atoms with van der Waals surface area (Å²) in [7, 11) is 0. The maximum Gasteiger partial charge on any atom is 0.219 e. The Hall–Kier alpha value is -2.28. The number of piperidine rings is 1. The van der Waals surface area contributed by atoms with E-state index in [0.29, 0.717) is 19.0 Å². The molecule has 2 aromatic rings. The molecule has 1 fully saturated rings. The number of hydrogen-bond acceptors (Lipinski definition) is 5. The Bertz CT molecular complexity index is 744. The predicted molar refractivity (Wildman–Crippen MR) is 104 cm³/mol. The first-order valence-corrected chi connectivity index (χ1v) is 9.81. The first kappa shape index (κ1) is 19.5. The molecular weight excluding hydrogens is 340 g/mol. The lowest BCUT2D eigenvalue weighted by Gasteiger charge is -2.42. The van der Waals surface area contributed by atoms with Crippen LogP contribution in [0.3, 0.4) is 0 Å². The summed E-state index contributed by atoms with van der Waals surface area (Å²) >= 11 is 0. The van der Waals surface area contributed by atoms with Crippen molar-refractivity contribution >= 4 is 5.91 Å². The van der Waals surface area contributed by atoms with Crippen LogP contribution in [0.4, 0.5) is 0 Å². The molecule has 1 aromatic heterocycles. The highest BCUT2D eigenvalue weighted by Gasteiger charge is 2.42. The van der Waals surface area contributed by atoms with Gasteiger partial charge >= 0.3 is 0 Å². The van der Waals surface area contributed by atoms with Crippen LogP contribution in [0.1, 0.15) is 51.4 Å². The summed E-state index contributed by atoms with van der Waals surface area (Å²) in [6, 6.07) is 10.3. The smallest absolute Gasteiger partial charge is 0.219 e. The molecule has 1 unspecified atom stereocenters. The van der Waals surface area contributed by atoms with Crippen LogP contribution in [-0.4, -0.2) is 44.1 Å². The summed E-state index contributed by atoms with van der Waals surface area (Å²) in [5.41, 5.74) is 0.776. The highest BCUT2D eigenvalue weighted by Crippen LogP contribution is 2.31. The number of amides is 1. The minimum absolute atomic E-state index is 0.0989. The SMILES string of the molecule is CC(=O)N1CCCC(NCc2ccccc2)(c2nnnn2CCC(C)C)C1. The van der Waals surface area contributed by atoms with E-state index in [2.05, 4.69) is 46.8 Å². The minimum Gasteiger partial charge on any atom is -0.341 e. The standard InChI is InChI=1S/C20H30N6O/c1-16(2)10-13-26-19(22-23-24-26)20(11-7-12-25(15-20)17(3)27)21-14-18-8-5-4-6-9-18/h4-6,8-9,16,21H,7,10-15H2,1-3H3. The van der Waals surface area contributed by atoms with Gasteiger partial charge in [0.1, 0.15) is 0 Å². The highest BCUT2D eigenvalue weighted by molar-refractivity contribution is 5.73. The average molecular weight is 371 g/mol. The first-order valence-electron chi connectivity index (χ1n) is 9.81. The second-order valence-electron chi connectivity index (χ2n) is 7.87. The molecule has 1 aliphatic rings. The number of aryl methyl sites for hydroxylation is 1. The molecule has 2 heterocycles. The minimum atomic E-state index is -0.430. The number of likely N-dealkylation sites (tertiary alicyclic amines) is 1. The number of nitrogens with zero attached hydrogens (tertiary/aromatic N) is 5. The average Bonchev–Trinajstić information content (AvgIpc) is 3.15. The van der Waals surface area contributed by atoms with Crippen molar-refractivity contribution in [2.45, 2.75) is 58.7 Å². The Kier molecular flexibility index (Phi) is 6.21. The summed E-state index contributed by atoms with van der Waals surface area (Å²) in [5, 5.41) is 16.3. The molecule has 1 aliphatic heterocycles. The molecule has 146 valence electrons. The second kappa shape index (κ2) is 8.61. The Balaban J connectivity index is 1.88. The number of tetrazole rings is 1. The molecule has 1 N–H and O–H groups in total. The zero-order valence-electron chi connectivity index (χ0n) is 16.6. The summed E-state index contributed by atoms with van der Waals surface area (Å²) < 4.78 is 1.92. The number of rotatable bonds is 7. The van der Waals surface area contributed by atoms with E-state index in [4.69, 9.17) is 0 Å². The first-order chi connectivity index (χ1) is 13.0. The predicted octanol–water partition coefficient (Wildman–Crippen LogP) is 2.35. The van der Waals surface area contributed by atoms with Crippen molar-refractivity contribution in [1.29, 1.82) is 0 Å². The number of carbonyl (C=O) groups is 1. The number of carbonyl (C=O) groups excluding carboxylic acids is 1. The molecule has 27 heavy (non-hydrogen) atoms. The topological polar surface area (TPSA) is 75.9 Å². The summed E-state index contributed by atoms with van der Waals surface area (Å²) in [6.07, 6.45) is 2.85. The molecule has 0 bridgehead atoms. The molecule has 7 heteroatoms. The lowest BCUT2D eigenvalue weighted by molar-refractivity contribution is -0.131. The Morgan fingerprint density at radius 3 is 2.78 bits per heavy atom. The van der Waals surface area contributed by atoms with Crippen LogP contribution in [0, 0.1) is 5.92 Å². The number of aromatic nitrogens is 4. The molecule has 7 nitrogen and oxygen atoms in total. The number of hydrogen-bond donors (Lipinski definition) is 1. The van der Waals surface area contributed by atoms with Gasteiger partial charge in [0.05, 0.1) is 5.54 Å². The molecule has 1 aromatic carbocycles. The van der Waals surface area contributed by atoms with E-state index in [1.807, 2.05) is 27.8 Å². The van der Waals surface area contributed by atoms with Crippen molar-refractivity contribution in [3.63, 3.8) is 0 Å². The van der Waals surface area contributed by atoms with Crippen molar-refractivity contribution in [2.24, 2.45) is 5.92 Å². The Morgan fingerprint density at radius 2 is 2.07 bits per heavy atom.